The molecule has 36 heavy (non-hydrogen) atoms. The summed E-state index contributed by atoms with van der Waals surface area (Å²) in [6.07, 6.45) is 3.17. The van der Waals surface area contributed by atoms with Gasteiger partial charge in [-0.2, -0.15) is 0 Å². The predicted octanol–water partition coefficient (Wildman–Crippen LogP) is 5.87. The zero-order valence-corrected chi connectivity index (χ0v) is 20.2. The van der Waals surface area contributed by atoms with Gasteiger partial charge in [-0.3, -0.25) is 14.6 Å². The molecule has 2 aromatic carbocycles. The van der Waals surface area contributed by atoms with Crippen molar-refractivity contribution >= 4 is 23.0 Å². The third-order valence-corrected chi connectivity index (χ3v) is 6.86. The molecular weight excluding hydrogens is 456 g/mol. The summed E-state index contributed by atoms with van der Waals surface area (Å²) in [4.78, 5) is 30.4. The van der Waals surface area contributed by atoms with Crippen LogP contribution < -0.4 is 4.74 Å². The first kappa shape index (κ1) is 23.7. The van der Waals surface area contributed by atoms with Gasteiger partial charge >= 0.3 is 0 Å². The summed E-state index contributed by atoms with van der Waals surface area (Å²) < 4.78 is 10.7. The summed E-state index contributed by atoms with van der Waals surface area (Å²) in [5.74, 6) is 1.25. The zero-order chi connectivity index (χ0) is 25.1. The van der Waals surface area contributed by atoms with Crippen molar-refractivity contribution in [3.05, 3.63) is 88.5 Å². The Bertz CT molecular complexity index is 1340. The molecule has 1 saturated carbocycles. The van der Waals surface area contributed by atoms with Crippen LogP contribution in [0, 0.1) is 0 Å². The molecule has 1 fully saturated rings. The second kappa shape index (κ2) is 10.3. The van der Waals surface area contributed by atoms with Gasteiger partial charge in [-0.25, -0.2) is 0 Å². The molecule has 1 unspecified atom stereocenters. The van der Waals surface area contributed by atoms with Gasteiger partial charge in [0.15, 0.2) is 11.6 Å². The van der Waals surface area contributed by atoms with Crippen LogP contribution in [0.2, 0.25) is 0 Å². The number of carbonyl (C=O) groups excluding carboxylic acids is 2. The Kier molecular flexibility index (Phi) is 6.80. The number of carbonyl (C=O) groups is 2. The van der Waals surface area contributed by atoms with Crippen LogP contribution in [0.25, 0.3) is 0 Å². The zero-order valence-electron chi connectivity index (χ0n) is 20.2. The summed E-state index contributed by atoms with van der Waals surface area (Å²) in [7, 11) is 1.60. The monoisotopic (exact) mass is 484 g/mol. The van der Waals surface area contributed by atoms with Gasteiger partial charge in [-0.15, -0.1) is 0 Å². The molecule has 0 radical (unpaired) electrons. The minimum atomic E-state index is -0.116. The minimum Gasteiger partial charge on any atom is -0.511 e. The number of Topliss-reactive ketones (excluding diaryl/α,β-unsaturated/α-hetero) is 2. The molecule has 2 aliphatic rings. The molecule has 3 aromatic rings. The van der Waals surface area contributed by atoms with Crippen molar-refractivity contribution in [3.63, 3.8) is 0 Å². The molecule has 7 nitrogen and oxygen atoms in total. The fraction of sp³-hybridized carbons (Fsp3) is 0.310. The Morgan fingerprint density at radius 1 is 1.06 bits per heavy atom. The van der Waals surface area contributed by atoms with Gasteiger partial charge in [0.05, 0.1) is 35.3 Å². The SMILES string of the molecule is COc1ccc(N=C2CCCC(=O)/C2=C(\O)CCc2noc3c2C(=O)CC(c2ccccc2)C3)cc1. The lowest BCUT2D eigenvalue weighted by molar-refractivity contribution is -0.115. The van der Waals surface area contributed by atoms with Crippen LogP contribution in [0.3, 0.4) is 0 Å². The second-order valence-corrected chi connectivity index (χ2v) is 9.22. The van der Waals surface area contributed by atoms with Gasteiger partial charge in [0.25, 0.3) is 0 Å². The molecule has 1 N–H and O–H groups in total. The number of allylic oxidation sites excluding steroid dienone is 2. The van der Waals surface area contributed by atoms with E-state index < -0.39 is 0 Å². The summed E-state index contributed by atoms with van der Waals surface area (Å²) in [6.45, 7) is 0. The quantitative estimate of drug-likeness (QED) is 0.347. The largest absolute Gasteiger partial charge is 0.511 e. The number of methoxy groups -OCH3 is 1. The van der Waals surface area contributed by atoms with Gasteiger partial charge in [-0.1, -0.05) is 35.5 Å². The fourth-order valence-electron chi connectivity index (χ4n) is 5.01. The van der Waals surface area contributed by atoms with Gasteiger partial charge in [-0.05, 0) is 48.6 Å². The third kappa shape index (κ3) is 4.87. The van der Waals surface area contributed by atoms with Gasteiger partial charge in [0, 0.05) is 32.1 Å². The highest BCUT2D eigenvalue weighted by Gasteiger charge is 2.33. The molecule has 0 bridgehead atoms. The molecule has 184 valence electrons. The first-order valence-electron chi connectivity index (χ1n) is 12.3. The molecule has 0 aliphatic heterocycles. The smallest absolute Gasteiger partial charge is 0.168 e. The van der Waals surface area contributed by atoms with E-state index in [4.69, 9.17) is 9.26 Å². The molecule has 1 atom stereocenters. The summed E-state index contributed by atoms with van der Waals surface area (Å²) in [5, 5.41) is 15.1. The predicted molar refractivity (Wildman–Crippen MR) is 135 cm³/mol. The number of aliphatic hydroxyl groups is 1. The molecule has 0 amide bonds. The lowest BCUT2D eigenvalue weighted by Crippen LogP contribution is -2.21. The Morgan fingerprint density at radius 2 is 1.83 bits per heavy atom. The van der Waals surface area contributed by atoms with Crippen molar-refractivity contribution in [2.24, 2.45) is 4.99 Å². The molecular formula is C29H28N2O5. The van der Waals surface area contributed by atoms with Crippen molar-refractivity contribution in [3.8, 4) is 5.75 Å². The van der Waals surface area contributed by atoms with Gasteiger partial charge in [0.2, 0.25) is 0 Å². The number of aryl methyl sites for hydroxylation is 1. The van der Waals surface area contributed by atoms with Gasteiger partial charge < -0.3 is 14.4 Å². The average Bonchev–Trinajstić information content (AvgIpc) is 3.32. The molecule has 7 heteroatoms. The van der Waals surface area contributed by atoms with Crippen molar-refractivity contribution in [1.82, 2.24) is 5.16 Å². The van der Waals surface area contributed by atoms with Gasteiger partial charge in [0.1, 0.15) is 17.3 Å². The van der Waals surface area contributed by atoms with Crippen LogP contribution in [0.5, 0.6) is 5.75 Å². The van der Waals surface area contributed by atoms with Crippen molar-refractivity contribution in [2.45, 2.75) is 50.9 Å². The number of ketones is 2. The molecule has 5 rings (SSSR count). The maximum Gasteiger partial charge on any atom is 0.168 e. The van der Waals surface area contributed by atoms with E-state index in [0.717, 1.165) is 11.3 Å². The maximum atomic E-state index is 13.0. The van der Waals surface area contributed by atoms with Crippen LogP contribution in [0.4, 0.5) is 5.69 Å². The van der Waals surface area contributed by atoms with E-state index in [1.807, 2.05) is 42.5 Å². The molecule has 1 heterocycles. The molecule has 0 spiro atoms. The number of hydrogen-bond acceptors (Lipinski definition) is 7. The number of rotatable bonds is 6. The van der Waals surface area contributed by atoms with Crippen molar-refractivity contribution in [2.75, 3.05) is 7.11 Å². The Morgan fingerprint density at radius 3 is 2.58 bits per heavy atom. The van der Waals surface area contributed by atoms with Crippen LogP contribution in [0.1, 0.15) is 65.4 Å². The third-order valence-electron chi connectivity index (χ3n) is 6.86. The molecule has 1 aromatic heterocycles. The number of hydrogen-bond donors (Lipinski definition) is 1. The number of aliphatic hydroxyl groups excluding tert-OH is 1. The Labute approximate surface area is 209 Å². The molecule has 2 aliphatic carbocycles. The Hall–Kier alpha value is -4.00. The van der Waals surface area contributed by atoms with E-state index in [1.54, 1.807) is 19.2 Å². The summed E-state index contributed by atoms with van der Waals surface area (Å²) in [6, 6.07) is 17.2. The topological polar surface area (TPSA) is 102 Å². The first-order valence-corrected chi connectivity index (χ1v) is 12.3. The molecule has 0 saturated heterocycles. The highest BCUT2D eigenvalue weighted by molar-refractivity contribution is 6.24. The fourth-order valence-corrected chi connectivity index (χ4v) is 5.01. The summed E-state index contributed by atoms with van der Waals surface area (Å²) in [5.41, 5.74) is 3.72. The number of fused-ring (bicyclic) bond motifs is 1. The van der Waals surface area contributed by atoms with Crippen molar-refractivity contribution in [1.29, 1.82) is 0 Å². The average molecular weight is 485 g/mol. The Balaban J connectivity index is 1.35. The van der Waals surface area contributed by atoms with Crippen LogP contribution in [-0.2, 0) is 17.6 Å². The normalized spacial score (nSPS) is 20.4. The number of ether oxygens (including phenoxy) is 1. The van der Waals surface area contributed by atoms with Crippen molar-refractivity contribution < 1.29 is 24.0 Å². The highest BCUT2D eigenvalue weighted by Crippen LogP contribution is 2.35. The van der Waals surface area contributed by atoms with Crippen LogP contribution in [-0.4, -0.2) is 34.7 Å². The number of aliphatic imine (C=N–C) groups is 1. The van der Waals surface area contributed by atoms with E-state index in [2.05, 4.69) is 10.1 Å². The highest BCUT2D eigenvalue weighted by atomic mass is 16.5. The van der Waals surface area contributed by atoms with Crippen LogP contribution in [0.15, 0.2) is 75.4 Å². The standard InChI is InChI=1S/C29H28N2O5/c1-35-21-12-10-20(11-13-21)30-22-8-5-9-24(32)28(22)25(33)15-14-23-29-26(34)16-19(17-27(29)36-31-23)18-6-3-2-4-7-18/h2-4,6-7,10-13,19,33H,5,8-9,14-17H2,1H3/b28-25-,30-22?. The second-order valence-electron chi connectivity index (χ2n) is 9.22. The van der Waals surface area contributed by atoms with E-state index in [0.29, 0.717) is 66.9 Å². The van der Waals surface area contributed by atoms with E-state index >= 15 is 0 Å². The van der Waals surface area contributed by atoms with E-state index in [1.165, 1.54) is 0 Å². The lowest BCUT2D eigenvalue weighted by atomic mass is 9.81. The maximum absolute atomic E-state index is 13.0. The number of aromatic nitrogens is 1. The lowest BCUT2D eigenvalue weighted by Gasteiger charge is -2.20. The van der Waals surface area contributed by atoms with E-state index in [9.17, 15) is 14.7 Å². The minimum absolute atomic E-state index is 0.00370. The number of nitrogens with zero attached hydrogens (tertiary/aromatic N) is 2. The van der Waals surface area contributed by atoms with Crippen LogP contribution >= 0.6 is 0 Å². The van der Waals surface area contributed by atoms with E-state index in [-0.39, 0.29) is 35.2 Å². The summed E-state index contributed by atoms with van der Waals surface area (Å²) >= 11 is 0. The first-order chi connectivity index (χ1) is 17.5. The number of benzene rings is 2.